The van der Waals surface area contributed by atoms with Gasteiger partial charge >= 0.3 is 5.97 Å². The highest BCUT2D eigenvalue weighted by molar-refractivity contribution is 5.92. The molecule has 0 N–H and O–H groups in total. The molecule has 4 nitrogen and oxygen atoms in total. The maximum atomic E-state index is 13.4. The van der Waals surface area contributed by atoms with Gasteiger partial charge in [0.2, 0.25) is 0 Å². The first kappa shape index (κ1) is 17.8. The lowest BCUT2D eigenvalue weighted by molar-refractivity contribution is -0.193. The fraction of sp³-hybridized carbons (Fsp3) is 0.391. The number of rotatable bonds is 1. The average Bonchev–Trinajstić information content (AvgIpc) is 3.07. The number of carbonyl (C=O) groups excluding carboxylic acids is 1. The molecule has 2 aromatic rings. The molecule has 138 valence electrons. The summed E-state index contributed by atoms with van der Waals surface area (Å²) in [4.78, 5) is 19.3. The van der Waals surface area contributed by atoms with E-state index in [1.807, 2.05) is 71.0 Å². The predicted molar refractivity (Wildman–Crippen MR) is 103 cm³/mol. The highest BCUT2D eigenvalue weighted by atomic mass is 16.7. The first-order chi connectivity index (χ1) is 12.7. The second-order valence-corrected chi connectivity index (χ2v) is 8.71. The van der Waals surface area contributed by atoms with E-state index in [-0.39, 0.29) is 6.04 Å². The Balaban J connectivity index is 2.24. The first-order valence-corrected chi connectivity index (χ1v) is 9.36. The molecule has 1 aliphatic carbocycles. The van der Waals surface area contributed by atoms with Crippen LogP contribution in [0.15, 0.2) is 48.5 Å². The van der Waals surface area contributed by atoms with Gasteiger partial charge in [-0.15, -0.1) is 5.06 Å². The third-order valence-corrected chi connectivity index (χ3v) is 6.05. The molecule has 27 heavy (non-hydrogen) atoms. The van der Waals surface area contributed by atoms with Crippen molar-refractivity contribution >= 4 is 5.97 Å². The summed E-state index contributed by atoms with van der Waals surface area (Å²) in [6.45, 7) is 9.84. The topological polar surface area (TPSA) is 53.3 Å². The van der Waals surface area contributed by atoms with Crippen LogP contribution in [-0.2, 0) is 15.2 Å². The minimum absolute atomic E-state index is 0.0919. The minimum atomic E-state index is -1.38. The second-order valence-electron chi connectivity index (χ2n) is 8.71. The van der Waals surface area contributed by atoms with E-state index in [2.05, 4.69) is 18.2 Å². The molecule has 1 heterocycles. The van der Waals surface area contributed by atoms with Gasteiger partial charge in [0.15, 0.2) is 5.41 Å². The van der Waals surface area contributed by atoms with Gasteiger partial charge in [-0.2, -0.15) is 5.26 Å². The van der Waals surface area contributed by atoms with Gasteiger partial charge in [0.05, 0.1) is 6.07 Å². The van der Waals surface area contributed by atoms with Gasteiger partial charge in [-0.05, 0) is 41.5 Å². The Labute approximate surface area is 160 Å². The molecule has 0 bridgehead atoms. The molecule has 1 aliphatic heterocycles. The van der Waals surface area contributed by atoms with Gasteiger partial charge in [-0.3, -0.25) is 0 Å². The van der Waals surface area contributed by atoms with Gasteiger partial charge in [-0.25, -0.2) is 4.79 Å². The van der Waals surface area contributed by atoms with Crippen molar-refractivity contribution in [3.63, 3.8) is 0 Å². The van der Waals surface area contributed by atoms with Crippen LogP contribution < -0.4 is 0 Å². The van der Waals surface area contributed by atoms with Gasteiger partial charge in [-0.1, -0.05) is 69.3 Å². The molecule has 0 aromatic heterocycles. The van der Waals surface area contributed by atoms with Crippen LogP contribution in [0.4, 0.5) is 0 Å². The molecule has 4 rings (SSSR count). The maximum Gasteiger partial charge on any atom is 0.348 e. The number of nitrogens with zero attached hydrogens (tertiary/aromatic N) is 2. The van der Waals surface area contributed by atoms with Crippen LogP contribution in [0, 0.1) is 22.2 Å². The van der Waals surface area contributed by atoms with E-state index >= 15 is 0 Å². The molecule has 1 saturated heterocycles. The Kier molecular flexibility index (Phi) is 3.57. The Bertz CT molecular complexity index is 935. The van der Waals surface area contributed by atoms with Crippen LogP contribution in [0.2, 0.25) is 0 Å². The van der Waals surface area contributed by atoms with Crippen molar-refractivity contribution in [1.82, 2.24) is 5.06 Å². The van der Waals surface area contributed by atoms with Crippen molar-refractivity contribution < 1.29 is 9.63 Å². The van der Waals surface area contributed by atoms with Crippen molar-refractivity contribution in [2.75, 3.05) is 0 Å². The number of carbonyl (C=O) groups is 1. The number of hydroxylamine groups is 2. The van der Waals surface area contributed by atoms with Crippen molar-refractivity contribution in [3.8, 4) is 17.2 Å². The summed E-state index contributed by atoms with van der Waals surface area (Å²) in [5, 5.41) is 12.3. The van der Waals surface area contributed by atoms with E-state index < -0.39 is 22.3 Å². The zero-order valence-electron chi connectivity index (χ0n) is 16.4. The van der Waals surface area contributed by atoms with E-state index in [4.69, 9.17) is 4.84 Å². The molecule has 0 radical (unpaired) electrons. The van der Waals surface area contributed by atoms with Gasteiger partial charge in [0, 0.05) is 6.04 Å². The standard InChI is InChI=1S/C23H24N2O2/c1-15(2)25-23(22(14-24,20(26)27-25)21(3,4)5)18-12-8-6-10-16(18)17-11-7-9-13-19(17)23/h6-13,15H,1-5H3. The van der Waals surface area contributed by atoms with Crippen LogP contribution in [0.1, 0.15) is 45.7 Å². The molecular formula is C23H24N2O2. The molecule has 4 heteroatoms. The highest BCUT2D eigenvalue weighted by Crippen LogP contribution is 2.67. The Morgan fingerprint density at radius 1 is 1.00 bits per heavy atom. The second kappa shape index (κ2) is 5.43. The van der Waals surface area contributed by atoms with Crippen molar-refractivity contribution in [2.45, 2.75) is 46.2 Å². The first-order valence-electron chi connectivity index (χ1n) is 9.36. The lowest BCUT2D eigenvalue weighted by atomic mass is 9.54. The summed E-state index contributed by atoms with van der Waals surface area (Å²) >= 11 is 0. The Morgan fingerprint density at radius 3 is 1.89 bits per heavy atom. The molecule has 2 aromatic carbocycles. The molecule has 1 unspecified atom stereocenters. The normalized spacial score (nSPS) is 23.2. The van der Waals surface area contributed by atoms with Crippen LogP contribution in [-0.4, -0.2) is 17.1 Å². The van der Waals surface area contributed by atoms with Gasteiger partial charge in [0.25, 0.3) is 0 Å². The van der Waals surface area contributed by atoms with Crippen molar-refractivity contribution in [3.05, 3.63) is 59.7 Å². The summed E-state index contributed by atoms with van der Waals surface area (Å²) in [5.74, 6) is -0.474. The van der Waals surface area contributed by atoms with E-state index in [0.717, 1.165) is 22.3 Å². The highest BCUT2D eigenvalue weighted by Gasteiger charge is 2.76. The number of hydrogen-bond donors (Lipinski definition) is 0. The number of hydrogen-bond acceptors (Lipinski definition) is 4. The fourth-order valence-corrected chi connectivity index (χ4v) is 5.03. The number of nitriles is 1. The van der Waals surface area contributed by atoms with Gasteiger partial charge in [0.1, 0.15) is 5.54 Å². The van der Waals surface area contributed by atoms with Crippen LogP contribution in [0.25, 0.3) is 11.1 Å². The summed E-state index contributed by atoms with van der Waals surface area (Å²) in [5.41, 5.74) is 1.02. The summed E-state index contributed by atoms with van der Waals surface area (Å²) in [6, 6.07) is 18.5. The van der Waals surface area contributed by atoms with E-state index in [1.54, 1.807) is 5.06 Å². The average molecular weight is 360 g/mol. The van der Waals surface area contributed by atoms with Crippen LogP contribution in [0.3, 0.4) is 0 Å². The molecule has 2 aliphatic rings. The van der Waals surface area contributed by atoms with Crippen molar-refractivity contribution in [1.29, 1.82) is 5.26 Å². The quantitative estimate of drug-likeness (QED) is 0.743. The molecule has 1 atom stereocenters. The van der Waals surface area contributed by atoms with Crippen molar-refractivity contribution in [2.24, 2.45) is 10.8 Å². The largest absolute Gasteiger partial charge is 0.365 e. The molecule has 0 saturated carbocycles. The monoisotopic (exact) mass is 360 g/mol. The number of fused-ring (bicyclic) bond motifs is 5. The Hall–Kier alpha value is -2.64. The Morgan fingerprint density at radius 2 is 1.48 bits per heavy atom. The zero-order valence-corrected chi connectivity index (χ0v) is 16.4. The SMILES string of the molecule is CC(C)N1OC(=O)C(C#N)(C(C)(C)C)C12c1ccccc1-c1ccccc12. The van der Waals surface area contributed by atoms with E-state index in [0.29, 0.717) is 0 Å². The molecule has 1 spiro atoms. The molecule has 1 fully saturated rings. The van der Waals surface area contributed by atoms with Crippen LogP contribution >= 0.6 is 0 Å². The predicted octanol–water partition coefficient (Wildman–Crippen LogP) is 4.65. The smallest absolute Gasteiger partial charge is 0.348 e. The van der Waals surface area contributed by atoms with E-state index in [9.17, 15) is 10.1 Å². The lowest BCUT2D eigenvalue weighted by Crippen LogP contribution is -2.58. The lowest BCUT2D eigenvalue weighted by Gasteiger charge is -2.47. The van der Waals surface area contributed by atoms with Gasteiger partial charge < -0.3 is 4.84 Å². The van der Waals surface area contributed by atoms with E-state index in [1.165, 1.54) is 0 Å². The molecular weight excluding hydrogens is 336 g/mol. The summed E-state index contributed by atoms with van der Waals surface area (Å²) in [6.07, 6.45) is 0. The molecule has 0 amide bonds. The third kappa shape index (κ3) is 1.83. The summed E-state index contributed by atoms with van der Waals surface area (Å²) < 4.78 is 0. The third-order valence-electron chi connectivity index (χ3n) is 6.05. The maximum absolute atomic E-state index is 13.4. The minimum Gasteiger partial charge on any atom is -0.365 e. The van der Waals surface area contributed by atoms with Crippen LogP contribution in [0.5, 0.6) is 0 Å². The zero-order chi connectivity index (χ0) is 19.6. The summed E-state index contributed by atoms with van der Waals surface area (Å²) in [7, 11) is 0. The fourth-order valence-electron chi connectivity index (χ4n) is 5.03. The number of benzene rings is 2.